The van der Waals surface area contributed by atoms with Crippen LogP contribution in [0.5, 0.6) is 5.75 Å². The molecule has 1 aromatic carbocycles. The summed E-state index contributed by atoms with van der Waals surface area (Å²) in [5, 5.41) is 2.84. The molecular weight excluding hydrogens is 232 g/mol. The van der Waals surface area contributed by atoms with Crippen molar-refractivity contribution in [2.24, 2.45) is 5.73 Å². The Kier molecular flexibility index (Phi) is 3.54. The fraction of sp³-hybridized carbons (Fsp3) is 0.462. The number of carbonyl (C=O) groups is 1. The van der Waals surface area contributed by atoms with Crippen LogP contribution in [0.3, 0.4) is 0 Å². The second kappa shape index (κ2) is 4.96. The maximum atomic E-state index is 12.1. The van der Waals surface area contributed by atoms with Gasteiger partial charge in [-0.25, -0.2) is 0 Å². The molecule has 1 amide bonds. The summed E-state index contributed by atoms with van der Waals surface area (Å²) in [4.78, 5) is 12.1. The Balaban J connectivity index is 2.16. The largest absolute Gasteiger partial charge is 0.497 e. The van der Waals surface area contributed by atoms with Crippen molar-refractivity contribution in [3.63, 3.8) is 0 Å². The van der Waals surface area contributed by atoms with Crippen LogP contribution in [0, 0.1) is 6.92 Å². The van der Waals surface area contributed by atoms with Crippen molar-refractivity contribution in [2.75, 3.05) is 25.6 Å². The van der Waals surface area contributed by atoms with Gasteiger partial charge in [0.25, 0.3) is 0 Å². The fourth-order valence-corrected chi connectivity index (χ4v) is 1.87. The number of aryl methyl sites for hydroxylation is 1. The van der Waals surface area contributed by atoms with Crippen molar-refractivity contribution < 1.29 is 14.3 Å². The van der Waals surface area contributed by atoms with Gasteiger partial charge in [0.1, 0.15) is 11.3 Å². The van der Waals surface area contributed by atoms with E-state index in [1.54, 1.807) is 13.2 Å². The predicted octanol–water partition coefficient (Wildman–Crippen LogP) is 1.06. The number of amides is 1. The molecule has 0 saturated carbocycles. The van der Waals surface area contributed by atoms with E-state index in [4.69, 9.17) is 15.2 Å². The van der Waals surface area contributed by atoms with Crippen molar-refractivity contribution in [1.82, 2.24) is 0 Å². The SMILES string of the molecule is COc1ccc(C)c(NC(=O)C2(N)CCOC2)c1. The lowest BCUT2D eigenvalue weighted by Crippen LogP contribution is -2.51. The third-order valence-electron chi connectivity index (χ3n) is 3.20. The van der Waals surface area contributed by atoms with Gasteiger partial charge < -0.3 is 20.5 Å². The molecule has 3 N–H and O–H groups in total. The number of anilines is 1. The Labute approximate surface area is 106 Å². The maximum absolute atomic E-state index is 12.1. The molecule has 2 rings (SSSR count). The number of carbonyl (C=O) groups excluding carboxylic acids is 1. The third kappa shape index (κ3) is 2.47. The molecule has 0 aliphatic carbocycles. The average Bonchev–Trinajstić information content (AvgIpc) is 2.80. The zero-order valence-corrected chi connectivity index (χ0v) is 10.7. The van der Waals surface area contributed by atoms with E-state index in [1.807, 2.05) is 19.1 Å². The highest BCUT2D eigenvalue weighted by molar-refractivity contribution is 5.99. The van der Waals surface area contributed by atoms with Crippen molar-refractivity contribution >= 4 is 11.6 Å². The molecule has 1 unspecified atom stereocenters. The Hall–Kier alpha value is -1.59. The number of methoxy groups -OCH3 is 1. The van der Waals surface area contributed by atoms with Crippen molar-refractivity contribution in [2.45, 2.75) is 18.9 Å². The second-order valence-corrected chi connectivity index (χ2v) is 4.59. The predicted molar refractivity (Wildman–Crippen MR) is 68.7 cm³/mol. The maximum Gasteiger partial charge on any atom is 0.246 e. The molecule has 0 bridgehead atoms. The van der Waals surface area contributed by atoms with Crippen LogP contribution in [0.2, 0.25) is 0 Å². The Bertz CT molecular complexity index is 454. The summed E-state index contributed by atoms with van der Waals surface area (Å²) < 4.78 is 10.3. The summed E-state index contributed by atoms with van der Waals surface area (Å²) >= 11 is 0. The van der Waals surface area contributed by atoms with Crippen LogP contribution in [0.4, 0.5) is 5.69 Å². The summed E-state index contributed by atoms with van der Waals surface area (Å²) in [7, 11) is 1.59. The van der Waals surface area contributed by atoms with E-state index in [1.165, 1.54) is 0 Å². The van der Waals surface area contributed by atoms with Crippen molar-refractivity contribution in [1.29, 1.82) is 0 Å². The van der Waals surface area contributed by atoms with E-state index in [-0.39, 0.29) is 12.5 Å². The van der Waals surface area contributed by atoms with Gasteiger partial charge in [0.2, 0.25) is 5.91 Å². The van der Waals surface area contributed by atoms with Crippen LogP contribution < -0.4 is 15.8 Å². The first-order chi connectivity index (χ1) is 8.55. The fourth-order valence-electron chi connectivity index (χ4n) is 1.87. The minimum Gasteiger partial charge on any atom is -0.497 e. The molecule has 98 valence electrons. The molecule has 1 aliphatic heterocycles. The first kappa shape index (κ1) is 12.9. The number of rotatable bonds is 3. The second-order valence-electron chi connectivity index (χ2n) is 4.59. The first-order valence-corrected chi connectivity index (χ1v) is 5.88. The molecule has 18 heavy (non-hydrogen) atoms. The van der Waals surface area contributed by atoms with Crippen LogP contribution in [-0.4, -0.2) is 31.8 Å². The van der Waals surface area contributed by atoms with Crippen molar-refractivity contribution in [3.8, 4) is 5.75 Å². The summed E-state index contributed by atoms with van der Waals surface area (Å²) in [6, 6.07) is 5.52. The van der Waals surface area contributed by atoms with Crippen LogP contribution >= 0.6 is 0 Å². The van der Waals surface area contributed by atoms with Crippen LogP contribution in [0.25, 0.3) is 0 Å². The summed E-state index contributed by atoms with van der Waals surface area (Å²) in [5.74, 6) is 0.487. The minimum atomic E-state index is -0.921. The number of ether oxygens (including phenoxy) is 2. The van der Waals surface area contributed by atoms with Gasteiger partial charge in [0, 0.05) is 18.4 Å². The van der Waals surface area contributed by atoms with E-state index in [2.05, 4.69) is 5.32 Å². The Morgan fingerprint density at radius 2 is 2.33 bits per heavy atom. The molecule has 0 radical (unpaired) electrons. The minimum absolute atomic E-state index is 0.212. The van der Waals surface area contributed by atoms with Gasteiger partial charge in [-0.2, -0.15) is 0 Å². The van der Waals surface area contributed by atoms with Gasteiger partial charge in [-0.3, -0.25) is 4.79 Å². The average molecular weight is 250 g/mol. The molecule has 1 heterocycles. The molecule has 5 heteroatoms. The normalized spacial score (nSPS) is 22.8. The lowest BCUT2D eigenvalue weighted by atomic mass is 9.99. The number of nitrogens with one attached hydrogen (secondary N) is 1. The van der Waals surface area contributed by atoms with Gasteiger partial charge in [-0.05, 0) is 25.0 Å². The van der Waals surface area contributed by atoms with Gasteiger partial charge in [-0.1, -0.05) is 6.07 Å². The molecule has 5 nitrogen and oxygen atoms in total. The van der Waals surface area contributed by atoms with Crippen LogP contribution in [0.1, 0.15) is 12.0 Å². The van der Waals surface area contributed by atoms with E-state index in [9.17, 15) is 4.79 Å². The van der Waals surface area contributed by atoms with Crippen LogP contribution in [0.15, 0.2) is 18.2 Å². The smallest absolute Gasteiger partial charge is 0.246 e. The topological polar surface area (TPSA) is 73.6 Å². The zero-order valence-electron chi connectivity index (χ0n) is 10.7. The summed E-state index contributed by atoms with van der Waals surface area (Å²) in [6.45, 7) is 2.71. The molecule has 1 saturated heterocycles. The van der Waals surface area contributed by atoms with Crippen molar-refractivity contribution in [3.05, 3.63) is 23.8 Å². The summed E-state index contributed by atoms with van der Waals surface area (Å²) in [6.07, 6.45) is 0.544. The monoisotopic (exact) mass is 250 g/mol. The number of benzene rings is 1. The molecule has 0 spiro atoms. The molecule has 1 fully saturated rings. The Morgan fingerprint density at radius 3 is 2.94 bits per heavy atom. The molecular formula is C13H18N2O3. The molecule has 0 aromatic heterocycles. The Morgan fingerprint density at radius 1 is 1.56 bits per heavy atom. The number of hydrogen-bond acceptors (Lipinski definition) is 4. The summed E-state index contributed by atoms with van der Waals surface area (Å²) in [5.41, 5.74) is 6.76. The first-order valence-electron chi connectivity index (χ1n) is 5.88. The van der Waals surface area contributed by atoms with Gasteiger partial charge in [0.05, 0.1) is 13.7 Å². The van der Waals surface area contributed by atoms with Crippen LogP contribution in [-0.2, 0) is 9.53 Å². The van der Waals surface area contributed by atoms with E-state index in [0.29, 0.717) is 18.8 Å². The van der Waals surface area contributed by atoms with E-state index < -0.39 is 5.54 Å². The lowest BCUT2D eigenvalue weighted by molar-refractivity contribution is -0.121. The van der Waals surface area contributed by atoms with E-state index >= 15 is 0 Å². The molecule has 1 atom stereocenters. The number of nitrogens with two attached hydrogens (primary N) is 1. The van der Waals surface area contributed by atoms with Gasteiger partial charge in [-0.15, -0.1) is 0 Å². The number of hydrogen-bond donors (Lipinski definition) is 2. The molecule has 1 aromatic rings. The zero-order chi connectivity index (χ0) is 13.2. The van der Waals surface area contributed by atoms with Gasteiger partial charge >= 0.3 is 0 Å². The third-order valence-corrected chi connectivity index (χ3v) is 3.20. The van der Waals surface area contributed by atoms with Gasteiger partial charge in [0.15, 0.2) is 0 Å². The molecule has 1 aliphatic rings. The highest BCUT2D eigenvalue weighted by Gasteiger charge is 2.38. The highest BCUT2D eigenvalue weighted by atomic mass is 16.5. The lowest BCUT2D eigenvalue weighted by Gasteiger charge is -2.21. The van der Waals surface area contributed by atoms with E-state index in [0.717, 1.165) is 11.3 Å². The quantitative estimate of drug-likeness (QED) is 0.841. The standard InChI is InChI=1S/C13H18N2O3/c1-9-3-4-10(17-2)7-11(9)15-12(16)13(14)5-6-18-8-13/h3-4,7H,5-6,8,14H2,1-2H3,(H,15,16). The highest BCUT2D eigenvalue weighted by Crippen LogP contribution is 2.24.